The Hall–Kier alpha value is -2.72. The van der Waals surface area contributed by atoms with E-state index in [1.54, 1.807) is 6.07 Å². The van der Waals surface area contributed by atoms with Gasteiger partial charge in [0.15, 0.2) is 5.67 Å². The lowest BCUT2D eigenvalue weighted by Crippen LogP contribution is -2.33. The van der Waals surface area contributed by atoms with Gasteiger partial charge >= 0.3 is 5.97 Å². The molecule has 1 atom stereocenters. The maximum Gasteiger partial charge on any atom is 0.335 e. The summed E-state index contributed by atoms with van der Waals surface area (Å²) in [5.41, 5.74) is -2.37. The van der Waals surface area contributed by atoms with Crippen LogP contribution in [0.3, 0.4) is 0 Å². The number of hydrogen-bond donors (Lipinski definition) is 1. The van der Waals surface area contributed by atoms with Crippen LogP contribution in [0.25, 0.3) is 0 Å². The summed E-state index contributed by atoms with van der Waals surface area (Å²) >= 11 is 0. The molecule has 1 saturated heterocycles. The van der Waals surface area contributed by atoms with Crippen molar-refractivity contribution in [2.45, 2.75) is 23.9 Å². The van der Waals surface area contributed by atoms with Gasteiger partial charge < -0.3 is 14.6 Å². The van der Waals surface area contributed by atoms with Gasteiger partial charge in [0.25, 0.3) is 0 Å². The summed E-state index contributed by atoms with van der Waals surface area (Å²) in [4.78, 5) is 10.5. The van der Waals surface area contributed by atoms with Crippen LogP contribution in [0.15, 0.2) is 35.2 Å². The largest absolute Gasteiger partial charge is 0.497 e. The van der Waals surface area contributed by atoms with Gasteiger partial charge in [0.05, 0.1) is 26.3 Å². The Labute approximate surface area is 172 Å². The summed E-state index contributed by atoms with van der Waals surface area (Å²) in [6.45, 7) is 0.516. The van der Waals surface area contributed by atoms with E-state index in [9.17, 15) is 22.7 Å². The van der Waals surface area contributed by atoms with Gasteiger partial charge in [-0.05, 0) is 42.3 Å². The maximum atomic E-state index is 15.8. The predicted octanol–water partition coefficient (Wildman–Crippen LogP) is 3.11. The zero-order valence-corrected chi connectivity index (χ0v) is 17.4. The first-order valence-corrected chi connectivity index (χ1v) is 10.4. The first-order chi connectivity index (χ1) is 14.0. The third-order valence-corrected chi connectivity index (χ3v) is 6.98. The van der Waals surface area contributed by atoms with Crippen molar-refractivity contribution in [1.82, 2.24) is 4.31 Å². The molecular formula is C20H21F2NO6S. The number of rotatable bonds is 6. The molecule has 10 heteroatoms. The van der Waals surface area contributed by atoms with Crippen LogP contribution in [0, 0.1) is 12.7 Å². The van der Waals surface area contributed by atoms with Crippen molar-refractivity contribution in [3.63, 3.8) is 0 Å². The Morgan fingerprint density at radius 1 is 1.13 bits per heavy atom. The predicted molar refractivity (Wildman–Crippen MR) is 104 cm³/mol. The number of sulfonamides is 1. The van der Waals surface area contributed by atoms with Gasteiger partial charge in [-0.1, -0.05) is 0 Å². The van der Waals surface area contributed by atoms with Crippen LogP contribution >= 0.6 is 0 Å². The van der Waals surface area contributed by atoms with Crippen LogP contribution < -0.4 is 9.47 Å². The van der Waals surface area contributed by atoms with E-state index in [-0.39, 0.29) is 29.7 Å². The van der Waals surface area contributed by atoms with E-state index in [0.717, 1.165) is 16.4 Å². The number of aromatic carboxylic acids is 1. The number of nitrogens with zero attached hydrogens (tertiary/aromatic N) is 1. The molecule has 0 aliphatic carbocycles. The molecule has 0 radical (unpaired) electrons. The Morgan fingerprint density at radius 2 is 1.73 bits per heavy atom. The van der Waals surface area contributed by atoms with Gasteiger partial charge in [-0.15, -0.1) is 0 Å². The summed E-state index contributed by atoms with van der Waals surface area (Å²) in [6.07, 6.45) is -0.165. The lowest BCUT2D eigenvalue weighted by molar-refractivity contribution is 0.0696. The number of carboxylic acid groups (broad SMARTS) is 1. The minimum atomic E-state index is -4.47. The average Bonchev–Trinajstić information content (AvgIpc) is 3.13. The lowest BCUT2D eigenvalue weighted by atomic mass is 9.94. The van der Waals surface area contributed by atoms with E-state index >= 15 is 4.39 Å². The highest BCUT2D eigenvalue weighted by Crippen LogP contribution is 2.41. The number of aryl methyl sites for hydroxylation is 1. The molecule has 1 aliphatic rings. The number of carbonyl (C=O) groups is 1. The molecule has 0 aromatic heterocycles. The van der Waals surface area contributed by atoms with E-state index in [1.807, 2.05) is 0 Å². The van der Waals surface area contributed by atoms with Gasteiger partial charge in [-0.25, -0.2) is 22.0 Å². The van der Waals surface area contributed by atoms with E-state index in [0.29, 0.717) is 11.5 Å². The van der Waals surface area contributed by atoms with Gasteiger partial charge in [0.2, 0.25) is 10.0 Å². The summed E-state index contributed by atoms with van der Waals surface area (Å²) in [5, 5.41) is 9.17. The number of benzene rings is 2. The topological polar surface area (TPSA) is 93.1 Å². The highest BCUT2D eigenvalue weighted by Gasteiger charge is 2.46. The van der Waals surface area contributed by atoms with Crippen LogP contribution in [-0.4, -0.2) is 51.1 Å². The minimum absolute atomic E-state index is 0.128. The second-order valence-corrected chi connectivity index (χ2v) is 8.97. The van der Waals surface area contributed by atoms with E-state index in [1.165, 1.54) is 33.3 Å². The number of carboxylic acids is 1. The molecule has 1 aliphatic heterocycles. The number of halogens is 2. The molecule has 0 amide bonds. The van der Waals surface area contributed by atoms with E-state index in [4.69, 9.17) is 9.47 Å². The Balaban J connectivity index is 1.99. The number of methoxy groups -OCH3 is 2. The van der Waals surface area contributed by atoms with Crippen molar-refractivity contribution in [1.29, 1.82) is 0 Å². The summed E-state index contributed by atoms with van der Waals surface area (Å²) < 4.78 is 67.5. The van der Waals surface area contributed by atoms with Gasteiger partial charge in [-0.2, -0.15) is 4.31 Å². The van der Waals surface area contributed by atoms with E-state index in [2.05, 4.69) is 0 Å². The fourth-order valence-electron chi connectivity index (χ4n) is 3.43. The third-order valence-electron chi connectivity index (χ3n) is 5.14. The van der Waals surface area contributed by atoms with Crippen molar-refractivity contribution in [2.24, 2.45) is 0 Å². The SMILES string of the molecule is COc1cc(OC)cc(C2(F)CCN(S(=O)(=O)c3cc(C(=O)O)cc(C)c3F)C2)c1. The van der Waals surface area contributed by atoms with Crippen molar-refractivity contribution < 1.29 is 36.6 Å². The molecule has 0 spiro atoms. The van der Waals surface area contributed by atoms with Gasteiger partial charge in [0, 0.05) is 19.0 Å². The Kier molecular flexibility index (Phi) is 5.74. The molecule has 0 saturated carbocycles. The molecule has 3 rings (SSSR count). The fraction of sp³-hybridized carbons (Fsp3) is 0.350. The second kappa shape index (κ2) is 7.84. The molecule has 1 heterocycles. The third kappa shape index (κ3) is 3.84. The number of ether oxygens (including phenoxy) is 2. The van der Waals surface area contributed by atoms with Crippen LogP contribution in [0.4, 0.5) is 8.78 Å². The molecule has 30 heavy (non-hydrogen) atoms. The van der Waals surface area contributed by atoms with Crippen molar-refractivity contribution in [3.05, 3.63) is 52.8 Å². The maximum absolute atomic E-state index is 15.8. The number of hydrogen-bond acceptors (Lipinski definition) is 5. The molecule has 0 bridgehead atoms. The average molecular weight is 441 g/mol. The monoisotopic (exact) mass is 441 g/mol. The van der Waals surface area contributed by atoms with Crippen LogP contribution in [0.1, 0.15) is 27.9 Å². The summed E-state index contributed by atoms with van der Waals surface area (Å²) in [7, 11) is -1.64. The van der Waals surface area contributed by atoms with Crippen molar-refractivity contribution >= 4 is 16.0 Å². The first-order valence-electron chi connectivity index (χ1n) is 8.98. The van der Waals surface area contributed by atoms with Crippen LogP contribution in [0.2, 0.25) is 0 Å². The zero-order chi connectivity index (χ0) is 22.3. The Bertz CT molecular complexity index is 1080. The summed E-state index contributed by atoms with van der Waals surface area (Å²) in [6, 6.07) is 6.27. The number of alkyl halides is 1. The molecule has 1 N–H and O–H groups in total. The smallest absolute Gasteiger partial charge is 0.335 e. The molecule has 1 unspecified atom stereocenters. The first kappa shape index (κ1) is 22.0. The fourth-order valence-corrected chi connectivity index (χ4v) is 5.08. The standard InChI is InChI=1S/C20H21F2NO6S/c1-12-6-13(19(24)25)7-17(18(12)21)30(26,27)23-5-4-20(22,11-23)14-8-15(28-2)10-16(9-14)29-3/h6-10H,4-5,11H2,1-3H3,(H,24,25). The summed E-state index contributed by atoms with van der Waals surface area (Å²) in [5.74, 6) is -1.75. The molecule has 2 aromatic rings. The van der Waals surface area contributed by atoms with Gasteiger partial charge in [-0.3, -0.25) is 0 Å². The zero-order valence-electron chi connectivity index (χ0n) is 16.6. The molecular weight excluding hydrogens is 420 g/mol. The second-order valence-electron chi connectivity index (χ2n) is 7.07. The Morgan fingerprint density at radius 3 is 2.27 bits per heavy atom. The van der Waals surface area contributed by atoms with Gasteiger partial charge in [0.1, 0.15) is 22.2 Å². The highest BCUT2D eigenvalue weighted by molar-refractivity contribution is 7.89. The van der Waals surface area contributed by atoms with Crippen molar-refractivity contribution in [3.8, 4) is 11.5 Å². The minimum Gasteiger partial charge on any atom is -0.497 e. The van der Waals surface area contributed by atoms with Crippen LogP contribution in [-0.2, 0) is 15.7 Å². The quantitative estimate of drug-likeness (QED) is 0.741. The van der Waals surface area contributed by atoms with E-state index < -0.39 is 38.9 Å². The normalized spacial score (nSPS) is 19.6. The lowest BCUT2D eigenvalue weighted by Gasteiger charge is -2.23. The molecule has 7 nitrogen and oxygen atoms in total. The van der Waals surface area contributed by atoms with Crippen molar-refractivity contribution in [2.75, 3.05) is 27.3 Å². The molecule has 2 aromatic carbocycles. The molecule has 1 fully saturated rings. The van der Waals surface area contributed by atoms with Crippen LogP contribution in [0.5, 0.6) is 11.5 Å². The highest BCUT2D eigenvalue weighted by atomic mass is 32.2. The molecule has 162 valence electrons.